The summed E-state index contributed by atoms with van der Waals surface area (Å²) in [6.45, 7) is 0.227. The third kappa shape index (κ3) is 3.70. The van der Waals surface area contributed by atoms with Crippen molar-refractivity contribution in [3.63, 3.8) is 0 Å². The second-order valence-electron chi connectivity index (χ2n) is 6.12. The number of nitrogens with one attached hydrogen (secondary N) is 1. The number of hydrogen-bond acceptors (Lipinski definition) is 4. The molecule has 27 heavy (non-hydrogen) atoms. The van der Waals surface area contributed by atoms with Crippen LogP contribution in [-0.2, 0) is 11.3 Å². The third-order valence-corrected chi connectivity index (χ3v) is 4.86. The highest BCUT2D eigenvalue weighted by atomic mass is 35.5. The van der Waals surface area contributed by atoms with E-state index in [9.17, 15) is 4.79 Å². The van der Waals surface area contributed by atoms with Crippen molar-refractivity contribution in [2.24, 2.45) is 5.10 Å². The van der Waals surface area contributed by atoms with E-state index in [1.165, 1.54) is 5.01 Å². The van der Waals surface area contributed by atoms with Crippen LogP contribution in [0.2, 0.25) is 5.02 Å². The molecule has 6 nitrogen and oxygen atoms in total. The molecule has 136 valence electrons. The van der Waals surface area contributed by atoms with Gasteiger partial charge in [-0.05, 0) is 42.0 Å². The zero-order valence-electron chi connectivity index (χ0n) is 14.3. The zero-order chi connectivity index (χ0) is 18.8. The molecule has 3 aromatic rings. The van der Waals surface area contributed by atoms with Gasteiger partial charge in [-0.1, -0.05) is 41.9 Å². The molecule has 0 spiro atoms. The van der Waals surface area contributed by atoms with E-state index in [0.717, 1.165) is 17.0 Å². The van der Waals surface area contributed by atoms with Gasteiger partial charge in [0.05, 0.1) is 5.71 Å². The molecule has 8 heteroatoms. The fourth-order valence-electron chi connectivity index (χ4n) is 2.99. The average Bonchev–Trinajstić information content (AvgIpc) is 3.05. The highest BCUT2D eigenvalue weighted by Gasteiger charge is 2.23. The monoisotopic (exact) mass is 397 g/mol. The molecule has 1 N–H and O–H groups in total. The molecule has 0 radical (unpaired) electrons. The standard InChI is InChI=1S/C19H16ClN5OS/c20-14-6-8-15(9-7-14)25-17(21-22-19(25)27)12-24-18(26)11-10-16(23-24)13-4-2-1-3-5-13/h1-9H,10-12H2,(H,22,27). The Labute approximate surface area is 166 Å². The van der Waals surface area contributed by atoms with Crippen LogP contribution in [0.4, 0.5) is 0 Å². The van der Waals surface area contributed by atoms with Crippen LogP contribution in [0.3, 0.4) is 0 Å². The maximum atomic E-state index is 12.4. The van der Waals surface area contributed by atoms with Gasteiger partial charge in [0, 0.05) is 23.6 Å². The van der Waals surface area contributed by atoms with E-state index >= 15 is 0 Å². The predicted octanol–water partition coefficient (Wildman–Crippen LogP) is 4.11. The molecular weight excluding hydrogens is 382 g/mol. The van der Waals surface area contributed by atoms with Gasteiger partial charge >= 0.3 is 0 Å². The molecule has 0 saturated carbocycles. The highest BCUT2D eigenvalue weighted by Crippen LogP contribution is 2.20. The van der Waals surface area contributed by atoms with E-state index in [-0.39, 0.29) is 12.5 Å². The van der Waals surface area contributed by atoms with Gasteiger partial charge in [-0.15, -0.1) is 0 Å². The number of hydrazone groups is 1. The molecule has 1 aliphatic rings. The van der Waals surface area contributed by atoms with E-state index in [0.29, 0.717) is 28.5 Å². The van der Waals surface area contributed by atoms with Crippen LogP contribution in [0.15, 0.2) is 59.7 Å². The lowest BCUT2D eigenvalue weighted by Gasteiger charge is -2.23. The number of carbonyl (C=O) groups excluding carboxylic acids is 1. The number of amides is 1. The first kappa shape index (κ1) is 17.6. The van der Waals surface area contributed by atoms with Gasteiger partial charge in [-0.2, -0.15) is 10.2 Å². The number of aromatic nitrogens is 3. The van der Waals surface area contributed by atoms with Crippen LogP contribution < -0.4 is 0 Å². The van der Waals surface area contributed by atoms with E-state index in [1.807, 2.05) is 42.5 Å². The van der Waals surface area contributed by atoms with Gasteiger partial charge in [-0.3, -0.25) is 14.5 Å². The van der Waals surface area contributed by atoms with Crippen LogP contribution in [0.25, 0.3) is 5.69 Å². The number of nitrogens with zero attached hydrogens (tertiary/aromatic N) is 4. The molecule has 0 atom stereocenters. The minimum Gasteiger partial charge on any atom is -0.273 e. The molecule has 2 heterocycles. The SMILES string of the molecule is O=C1CCC(c2ccccc2)=NN1Cc1n[nH]c(=S)n1-c1ccc(Cl)cc1. The van der Waals surface area contributed by atoms with Crippen molar-refractivity contribution in [1.82, 2.24) is 19.8 Å². The molecule has 0 saturated heterocycles. The van der Waals surface area contributed by atoms with Gasteiger partial charge in [0.25, 0.3) is 0 Å². The number of aromatic amines is 1. The van der Waals surface area contributed by atoms with Crippen LogP contribution in [0.1, 0.15) is 24.2 Å². The number of rotatable bonds is 4. The average molecular weight is 398 g/mol. The lowest BCUT2D eigenvalue weighted by atomic mass is 10.0. The summed E-state index contributed by atoms with van der Waals surface area (Å²) in [4.78, 5) is 12.4. The van der Waals surface area contributed by atoms with Crippen molar-refractivity contribution in [2.75, 3.05) is 0 Å². The quantitative estimate of drug-likeness (QED) is 0.673. The molecule has 0 unspecified atom stereocenters. The number of H-pyrrole nitrogens is 1. The second kappa shape index (κ2) is 7.46. The first-order valence-corrected chi connectivity index (χ1v) is 9.26. The number of benzene rings is 2. The largest absolute Gasteiger partial charge is 0.273 e. The molecule has 0 fully saturated rings. The Balaban J connectivity index is 1.67. The Morgan fingerprint density at radius 3 is 2.56 bits per heavy atom. The zero-order valence-corrected chi connectivity index (χ0v) is 15.9. The van der Waals surface area contributed by atoms with Crippen LogP contribution in [0.5, 0.6) is 0 Å². The summed E-state index contributed by atoms with van der Waals surface area (Å²) in [6, 6.07) is 17.2. The number of carbonyl (C=O) groups is 1. The normalized spacial score (nSPS) is 14.3. The van der Waals surface area contributed by atoms with Gasteiger partial charge in [0.1, 0.15) is 6.54 Å². The lowest BCUT2D eigenvalue weighted by Crippen LogP contribution is -2.32. The molecule has 4 rings (SSSR count). The van der Waals surface area contributed by atoms with E-state index in [1.54, 1.807) is 16.7 Å². The minimum absolute atomic E-state index is 0.0359. The van der Waals surface area contributed by atoms with Crippen molar-refractivity contribution in [3.05, 3.63) is 75.8 Å². The summed E-state index contributed by atoms with van der Waals surface area (Å²) in [6.07, 6.45) is 1.04. The maximum Gasteiger partial charge on any atom is 0.243 e. The molecule has 0 bridgehead atoms. The van der Waals surface area contributed by atoms with Crippen molar-refractivity contribution < 1.29 is 4.79 Å². The van der Waals surface area contributed by atoms with E-state index in [4.69, 9.17) is 23.8 Å². The van der Waals surface area contributed by atoms with Crippen LogP contribution in [-0.4, -0.2) is 31.4 Å². The third-order valence-electron chi connectivity index (χ3n) is 4.33. The Hall–Kier alpha value is -2.77. The summed E-state index contributed by atoms with van der Waals surface area (Å²) >= 11 is 11.3. The second-order valence-corrected chi connectivity index (χ2v) is 6.94. The Kier molecular flexibility index (Phi) is 4.87. The Morgan fingerprint density at radius 1 is 1.07 bits per heavy atom. The van der Waals surface area contributed by atoms with Crippen molar-refractivity contribution in [3.8, 4) is 5.69 Å². The van der Waals surface area contributed by atoms with Gasteiger partial charge in [0.15, 0.2) is 10.6 Å². The summed E-state index contributed by atoms with van der Waals surface area (Å²) in [7, 11) is 0. The summed E-state index contributed by atoms with van der Waals surface area (Å²) in [5, 5.41) is 13.7. The lowest BCUT2D eigenvalue weighted by molar-refractivity contribution is -0.132. The Bertz CT molecular complexity index is 1060. The predicted molar refractivity (Wildman–Crippen MR) is 107 cm³/mol. The molecule has 1 aromatic heterocycles. The molecule has 1 amide bonds. The highest BCUT2D eigenvalue weighted by molar-refractivity contribution is 7.71. The number of hydrogen-bond donors (Lipinski definition) is 1. The number of halogens is 1. The van der Waals surface area contributed by atoms with E-state index < -0.39 is 0 Å². The first-order chi connectivity index (χ1) is 13.1. The maximum absolute atomic E-state index is 12.4. The van der Waals surface area contributed by atoms with Gasteiger partial charge in [0.2, 0.25) is 5.91 Å². The van der Waals surface area contributed by atoms with Crippen molar-refractivity contribution >= 4 is 35.4 Å². The first-order valence-electron chi connectivity index (χ1n) is 8.47. The van der Waals surface area contributed by atoms with Gasteiger partial charge < -0.3 is 0 Å². The molecule has 1 aliphatic heterocycles. The summed E-state index contributed by atoms with van der Waals surface area (Å²) in [5.74, 6) is 0.569. The van der Waals surface area contributed by atoms with Crippen LogP contribution in [0, 0.1) is 4.77 Å². The fourth-order valence-corrected chi connectivity index (χ4v) is 3.37. The molecule has 0 aliphatic carbocycles. The molecule has 2 aromatic carbocycles. The fraction of sp³-hybridized carbons (Fsp3) is 0.158. The minimum atomic E-state index is -0.0359. The Morgan fingerprint density at radius 2 is 1.81 bits per heavy atom. The topological polar surface area (TPSA) is 66.3 Å². The smallest absolute Gasteiger partial charge is 0.243 e. The van der Waals surface area contributed by atoms with E-state index in [2.05, 4.69) is 15.3 Å². The van der Waals surface area contributed by atoms with Crippen molar-refractivity contribution in [1.29, 1.82) is 0 Å². The van der Waals surface area contributed by atoms with Crippen LogP contribution >= 0.6 is 23.8 Å². The molecular formula is C19H16ClN5OS. The summed E-state index contributed by atoms with van der Waals surface area (Å²) < 4.78 is 2.23. The summed E-state index contributed by atoms with van der Waals surface area (Å²) in [5.41, 5.74) is 2.74. The van der Waals surface area contributed by atoms with Gasteiger partial charge in [-0.25, -0.2) is 5.01 Å². The van der Waals surface area contributed by atoms with Crippen molar-refractivity contribution in [2.45, 2.75) is 19.4 Å².